The Morgan fingerprint density at radius 1 is 1.25 bits per heavy atom. The first-order valence-electron chi connectivity index (χ1n) is 2.89. The van der Waals surface area contributed by atoms with Gasteiger partial charge in [-0.1, -0.05) is 0 Å². The highest BCUT2D eigenvalue weighted by Crippen LogP contribution is 2.32. The Morgan fingerprint density at radius 2 is 1.83 bits per heavy atom. The monoisotopic (exact) mass is 180 g/mol. The molecule has 0 aliphatic carbocycles. The lowest BCUT2D eigenvalue weighted by molar-refractivity contribution is -0.140. The molecule has 2 nitrogen and oxygen atoms in total. The molecule has 0 aliphatic heterocycles. The molecule has 0 aromatic carbocycles. The van der Waals surface area contributed by atoms with Crippen LogP contribution in [0.25, 0.3) is 0 Å². The van der Waals surface area contributed by atoms with Crippen LogP contribution in [0.4, 0.5) is 23.2 Å². The largest absolute Gasteiger partial charge is 0.420 e. The van der Waals surface area contributed by atoms with Crippen LogP contribution in [0.5, 0.6) is 0 Å². The van der Waals surface area contributed by atoms with E-state index in [-0.39, 0.29) is 0 Å². The predicted molar refractivity (Wildman–Crippen MR) is 33.6 cm³/mol. The zero-order chi connectivity index (χ0) is 9.35. The van der Waals surface area contributed by atoms with Gasteiger partial charge in [-0.15, -0.1) is 0 Å². The molecule has 0 bridgehead atoms. The van der Waals surface area contributed by atoms with Crippen molar-refractivity contribution in [1.29, 1.82) is 0 Å². The van der Waals surface area contributed by atoms with Crippen molar-refractivity contribution >= 4 is 5.69 Å². The molecule has 0 saturated carbocycles. The van der Waals surface area contributed by atoms with Crippen LogP contribution in [0.1, 0.15) is 5.56 Å². The summed E-state index contributed by atoms with van der Waals surface area (Å²) < 4.78 is 48.3. The topological polar surface area (TPSA) is 38.9 Å². The molecule has 1 rings (SSSR count). The molecule has 0 radical (unpaired) electrons. The van der Waals surface area contributed by atoms with Crippen molar-refractivity contribution in [3.8, 4) is 0 Å². The second-order valence-corrected chi connectivity index (χ2v) is 2.09. The average molecular weight is 180 g/mol. The minimum absolute atomic E-state index is 0.395. The Hall–Kier alpha value is -1.33. The number of hydrogen-bond donors (Lipinski definition) is 1. The van der Waals surface area contributed by atoms with Gasteiger partial charge in [0, 0.05) is 6.20 Å². The van der Waals surface area contributed by atoms with Crippen molar-refractivity contribution < 1.29 is 17.6 Å². The van der Waals surface area contributed by atoms with Crippen molar-refractivity contribution in [2.24, 2.45) is 0 Å². The van der Waals surface area contributed by atoms with E-state index in [9.17, 15) is 17.6 Å². The molecule has 1 aromatic heterocycles. The Morgan fingerprint density at radius 3 is 2.25 bits per heavy atom. The smallest absolute Gasteiger partial charge is 0.395 e. The number of nitrogen functional groups attached to an aromatic ring is 1. The van der Waals surface area contributed by atoms with Crippen molar-refractivity contribution in [3.05, 3.63) is 23.8 Å². The first-order valence-corrected chi connectivity index (χ1v) is 2.89. The van der Waals surface area contributed by atoms with Crippen molar-refractivity contribution in [3.63, 3.8) is 0 Å². The quantitative estimate of drug-likeness (QED) is 0.618. The first kappa shape index (κ1) is 8.76. The molecule has 6 heteroatoms. The molecule has 0 amide bonds. The maximum atomic E-state index is 12.6. The number of hydrogen-bond acceptors (Lipinski definition) is 2. The van der Waals surface area contributed by atoms with Crippen LogP contribution in [0.15, 0.2) is 12.4 Å². The summed E-state index contributed by atoms with van der Waals surface area (Å²) in [6, 6.07) is 0. The van der Waals surface area contributed by atoms with E-state index in [2.05, 4.69) is 4.98 Å². The minimum atomic E-state index is -4.74. The van der Waals surface area contributed by atoms with E-state index in [4.69, 9.17) is 5.73 Å². The third kappa shape index (κ3) is 1.46. The molecular formula is C6H4F4N2. The van der Waals surface area contributed by atoms with Gasteiger partial charge in [0.1, 0.15) is 5.56 Å². The second kappa shape index (κ2) is 2.62. The van der Waals surface area contributed by atoms with E-state index in [1.807, 2.05) is 0 Å². The van der Waals surface area contributed by atoms with Crippen LogP contribution >= 0.6 is 0 Å². The number of nitrogens with zero attached hydrogens (tertiary/aromatic N) is 1. The fourth-order valence-corrected chi connectivity index (χ4v) is 0.659. The molecule has 1 aromatic rings. The number of halogens is 4. The van der Waals surface area contributed by atoms with Crippen LogP contribution in [0.3, 0.4) is 0 Å². The first-order chi connectivity index (χ1) is 5.43. The maximum Gasteiger partial charge on any atom is 0.420 e. The van der Waals surface area contributed by atoms with Gasteiger partial charge in [-0.3, -0.25) is 4.98 Å². The SMILES string of the molecule is Nc1cncc(C(F)(F)F)c1F. The summed E-state index contributed by atoms with van der Waals surface area (Å²) in [6.07, 6.45) is -3.53. The molecule has 1 heterocycles. The molecule has 0 atom stereocenters. The van der Waals surface area contributed by atoms with Gasteiger partial charge in [0.05, 0.1) is 11.9 Å². The lowest BCUT2D eigenvalue weighted by Crippen LogP contribution is -2.10. The highest BCUT2D eigenvalue weighted by atomic mass is 19.4. The van der Waals surface area contributed by atoms with E-state index in [0.717, 1.165) is 6.20 Å². The van der Waals surface area contributed by atoms with Gasteiger partial charge in [0.15, 0.2) is 5.82 Å². The number of alkyl halides is 3. The molecular weight excluding hydrogens is 176 g/mol. The molecule has 0 aliphatic rings. The average Bonchev–Trinajstić information content (AvgIpc) is 1.92. The summed E-state index contributed by atoms with van der Waals surface area (Å²) in [5.41, 5.74) is 2.83. The highest BCUT2D eigenvalue weighted by Gasteiger charge is 2.35. The highest BCUT2D eigenvalue weighted by molar-refractivity contribution is 5.40. The number of pyridine rings is 1. The molecule has 0 fully saturated rings. The minimum Gasteiger partial charge on any atom is -0.395 e. The third-order valence-electron chi connectivity index (χ3n) is 1.21. The lowest BCUT2D eigenvalue weighted by Gasteiger charge is -2.07. The van der Waals surface area contributed by atoms with Crippen molar-refractivity contribution in [2.75, 3.05) is 5.73 Å². The van der Waals surface area contributed by atoms with Gasteiger partial charge in [-0.25, -0.2) is 4.39 Å². The Kier molecular flexibility index (Phi) is 1.91. The molecule has 66 valence electrons. The number of anilines is 1. The van der Waals surface area contributed by atoms with Gasteiger partial charge in [-0.2, -0.15) is 13.2 Å². The summed E-state index contributed by atoms with van der Waals surface area (Å²) in [5.74, 6) is -1.47. The van der Waals surface area contributed by atoms with Crippen LogP contribution in [-0.4, -0.2) is 4.98 Å². The van der Waals surface area contributed by atoms with Gasteiger partial charge < -0.3 is 5.73 Å². The Bertz CT molecular complexity index is 294. The van der Waals surface area contributed by atoms with Crippen molar-refractivity contribution in [1.82, 2.24) is 4.98 Å². The van der Waals surface area contributed by atoms with E-state index in [1.165, 1.54) is 0 Å². The van der Waals surface area contributed by atoms with Crippen LogP contribution < -0.4 is 5.73 Å². The van der Waals surface area contributed by atoms with E-state index >= 15 is 0 Å². The second-order valence-electron chi connectivity index (χ2n) is 2.09. The zero-order valence-corrected chi connectivity index (χ0v) is 5.69. The summed E-state index contributed by atoms with van der Waals surface area (Å²) in [6.45, 7) is 0. The predicted octanol–water partition coefficient (Wildman–Crippen LogP) is 1.82. The van der Waals surface area contributed by atoms with E-state index in [0.29, 0.717) is 6.20 Å². The molecule has 0 saturated heterocycles. The molecule has 2 N–H and O–H groups in total. The van der Waals surface area contributed by atoms with Gasteiger partial charge >= 0.3 is 6.18 Å². The molecule has 0 spiro atoms. The fourth-order valence-electron chi connectivity index (χ4n) is 0.659. The fraction of sp³-hybridized carbons (Fsp3) is 0.167. The van der Waals surface area contributed by atoms with Gasteiger partial charge in [-0.05, 0) is 0 Å². The van der Waals surface area contributed by atoms with E-state index < -0.39 is 23.2 Å². The Labute approximate surface area is 65.0 Å². The van der Waals surface area contributed by atoms with Crippen LogP contribution in [0.2, 0.25) is 0 Å². The zero-order valence-electron chi connectivity index (χ0n) is 5.69. The molecule has 0 unspecified atom stereocenters. The maximum absolute atomic E-state index is 12.6. The summed E-state index contributed by atoms with van der Waals surface area (Å²) >= 11 is 0. The summed E-state index contributed by atoms with van der Waals surface area (Å²) in [5, 5.41) is 0. The number of aromatic nitrogens is 1. The standard InChI is InChI=1S/C6H4F4N2/c7-5-3(6(8,9)10)1-12-2-4(5)11/h1-2H,11H2. The van der Waals surface area contributed by atoms with E-state index in [1.54, 1.807) is 0 Å². The van der Waals surface area contributed by atoms with Crippen molar-refractivity contribution in [2.45, 2.75) is 6.18 Å². The summed E-state index contributed by atoms with van der Waals surface area (Å²) in [7, 11) is 0. The van der Waals surface area contributed by atoms with Crippen LogP contribution in [-0.2, 0) is 6.18 Å². The third-order valence-corrected chi connectivity index (χ3v) is 1.21. The summed E-state index contributed by atoms with van der Waals surface area (Å²) in [4.78, 5) is 3.13. The molecule has 12 heavy (non-hydrogen) atoms. The number of rotatable bonds is 0. The lowest BCUT2D eigenvalue weighted by atomic mass is 10.2. The normalized spacial score (nSPS) is 11.7. The Balaban J connectivity index is 3.26. The van der Waals surface area contributed by atoms with Crippen LogP contribution in [0, 0.1) is 5.82 Å². The van der Waals surface area contributed by atoms with Gasteiger partial charge in [0.25, 0.3) is 0 Å². The number of nitrogens with two attached hydrogens (primary N) is 1. The van der Waals surface area contributed by atoms with Gasteiger partial charge in [0.2, 0.25) is 0 Å².